The highest BCUT2D eigenvalue weighted by Crippen LogP contribution is 2.45. The number of ether oxygens (including phenoxy) is 1. The van der Waals surface area contributed by atoms with Crippen LogP contribution in [0.3, 0.4) is 0 Å². The van der Waals surface area contributed by atoms with Crippen LogP contribution >= 0.6 is 35.4 Å². The Hall–Kier alpha value is -3.59. The van der Waals surface area contributed by atoms with E-state index in [1.807, 2.05) is 59.5 Å². The van der Waals surface area contributed by atoms with Gasteiger partial charge in [0.15, 0.2) is 5.11 Å². The first-order valence-electron chi connectivity index (χ1n) is 11.9. The summed E-state index contributed by atoms with van der Waals surface area (Å²) in [6.45, 7) is 1.79. The summed E-state index contributed by atoms with van der Waals surface area (Å²) >= 11 is 18.5. The van der Waals surface area contributed by atoms with Gasteiger partial charge >= 0.3 is 0 Å². The molecule has 2 aromatic carbocycles. The Bertz CT molecular complexity index is 1490. The van der Waals surface area contributed by atoms with Crippen molar-refractivity contribution in [3.8, 4) is 17.1 Å². The van der Waals surface area contributed by atoms with Crippen LogP contribution in [0.2, 0.25) is 10.0 Å². The maximum absolute atomic E-state index is 12.0. The van der Waals surface area contributed by atoms with Crippen molar-refractivity contribution >= 4 is 57.8 Å². The number of hydrogen-bond donors (Lipinski definition) is 2. The van der Waals surface area contributed by atoms with Gasteiger partial charge in [-0.1, -0.05) is 42.3 Å². The number of thiocarbonyl (C=S) groups is 1. The molecule has 1 aliphatic rings. The monoisotopic (exact) mass is 566 g/mol. The minimum Gasteiger partial charge on any atom is -0.494 e. The SMILES string of the molecule is CCC(=O)Nc1ccc(N2C(=S)N[C@@H](c3ccccn3)[C@H]2c2ccc(-c3cccc(Cl)c3Cl)o2)cc1OC. The Morgan fingerprint density at radius 1 is 1.16 bits per heavy atom. The molecule has 0 saturated carbocycles. The number of nitrogens with zero attached hydrogens (tertiary/aromatic N) is 2. The van der Waals surface area contributed by atoms with Crippen molar-refractivity contribution in [3.05, 3.63) is 94.4 Å². The highest BCUT2D eigenvalue weighted by Gasteiger charge is 2.43. The molecule has 3 heterocycles. The fourth-order valence-corrected chi connectivity index (χ4v) is 5.18. The Kier molecular flexibility index (Phi) is 7.56. The summed E-state index contributed by atoms with van der Waals surface area (Å²) in [6, 6.07) is 19.8. The van der Waals surface area contributed by atoms with Crippen molar-refractivity contribution < 1.29 is 13.9 Å². The number of hydrogen-bond acceptors (Lipinski definition) is 5. The number of carbonyl (C=O) groups excluding carboxylic acids is 1. The summed E-state index contributed by atoms with van der Waals surface area (Å²) in [5, 5.41) is 7.64. The lowest BCUT2D eigenvalue weighted by molar-refractivity contribution is -0.115. The number of furan rings is 1. The fourth-order valence-electron chi connectivity index (χ4n) is 4.44. The highest BCUT2D eigenvalue weighted by molar-refractivity contribution is 7.80. The quantitative estimate of drug-likeness (QED) is 0.229. The number of halogens is 2. The summed E-state index contributed by atoms with van der Waals surface area (Å²) in [4.78, 5) is 18.5. The molecule has 194 valence electrons. The molecule has 1 fully saturated rings. The summed E-state index contributed by atoms with van der Waals surface area (Å²) in [6.07, 6.45) is 2.10. The molecule has 7 nitrogen and oxygen atoms in total. The van der Waals surface area contributed by atoms with Crippen molar-refractivity contribution in [3.63, 3.8) is 0 Å². The average molecular weight is 567 g/mol. The van der Waals surface area contributed by atoms with Gasteiger partial charge in [0.2, 0.25) is 5.91 Å². The maximum Gasteiger partial charge on any atom is 0.224 e. The third-order valence-electron chi connectivity index (χ3n) is 6.29. The standard InChI is InChI=1S/C28H24Cl2N4O3S/c1-3-24(35)32-19-11-10-16(15-23(19)36-2)34-27(26(33-28(34)38)20-9-4-5-14-31-20)22-13-12-21(37-22)17-7-6-8-18(29)25(17)30/h4-15,26-27H,3H2,1-2H3,(H,32,35)(H,33,38)/t26-,27+/m0/s1. The van der Waals surface area contributed by atoms with Gasteiger partial charge < -0.3 is 24.7 Å². The second-order valence-electron chi connectivity index (χ2n) is 8.59. The van der Waals surface area contributed by atoms with E-state index in [4.69, 9.17) is 44.6 Å². The number of methoxy groups -OCH3 is 1. The number of benzene rings is 2. The van der Waals surface area contributed by atoms with E-state index in [0.717, 1.165) is 11.4 Å². The van der Waals surface area contributed by atoms with Gasteiger partial charge in [0.25, 0.3) is 0 Å². The molecule has 2 N–H and O–H groups in total. The van der Waals surface area contributed by atoms with Crippen molar-refractivity contribution in [2.75, 3.05) is 17.3 Å². The van der Waals surface area contributed by atoms with Crippen molar-refractivity contribution in [2.24, 2.45) is 0 Å². The van der Waals surface area contributed by atoms with E-state index < -0.39 is 0 Å². The fraction of sp³-hybridized carbons (Fsp3) is 0.179. The molecule has 1 aliphatic heterocycles. The van der Waals surface area contributed by atoms with Crippen LogP contribution in [0.4, 0.5) is 11.4 Å². The number of carbonyl (C=O) groups is 1. The lowest BCUT2D eigenvalue weighted by Gasteiger charge is -2.27. The topological polar surface area (TPSA) is 79.6 Å². The minimum absolute atomic E-state index is 0.106. The summed E-state index contributed by atoms with van der Waals surface area (Å²) in [5.41, 5.74) is 2.84. The highest BCUT2D eigenvalue weighted by atomic mass is 35.5. The van der Waals surface area contributed by atoms with E-state index in [-0.39, 0.29) is 18.0 Å². The van der Waals surface area contributed by atoms with Crippen molar-refractivity contribution in [1.82, 2.24) is 10.3 Å². The largest absolute Gasteiger partial charge is 0.494 e. The van der Waals surface area contributed by atoms with Crippen LogP contribution < -0.4 is 20.3 Å². The van der Waals surface area contributed by atoms with Crippen LogP contribution in [-0.2, 0) is 4.79 Å². The molecule has 0 aliphatic carbocycles. The van der Waals surface area contributed by atoms with Crippen molar-refractivity contribution in [1.29, 1.82) is 0 Å². The molecular formula is C28H24Cl2N4O3S. The molecule has 2 atom stereocenters. The van der Waals surface area contributed by atoms with E-state index in [1.54, 1.807) is 32.4 Å². The predicted molar refractivity (Wildman–Crippen MR) is 154 cm³/mol. The molecule has 1 saturated heterocycles. The third kappa shape index (κ3) is 4.95. The van der Waals surface area contributed by atoms with E-state index in [1.165, 1.54) is 0 Å². The lowest BCUT2D eigenvalue weighted by atomic mass is 10.0. The smallest absolute Gasteiger partial charge is 0.224 e. The first kappa shape index (κ1) is 26.0. The van der Waals surface area contributed by atoms with E-state index >= 15 is 0 Å². The van der Waals surface area contributed by atoms with Gasteiger partial charge in [-0.05, 0) is 60.7 Å². The number of nitrogens with one attached hydrogen (secondary N) is 2. The molecule has 0 radical (unpaired) electrons. The Balaban J connectivity index is 1.59. The molecule has 0 unspecified atom stereocenters. The molecule has 38 heavy (non-hydrogen) atoms. The minimum atomic E-state index is -0.384. The van der Waals surface area contributed by atoms with E-state index in [0.29, 0.717) is 50.1 Å². The first-order chi connectivity index (χ1) is 18.4. The maximum atomic E-state index is 12.0. The van der Waals surface area contributed by atoms with Gasteiger partial charge in [0.05, 0.1) is 34.6 Å². The van der Waals surface area contributed by atoms with Crippen LogP contribution in [0.5, 0.6) is 5.75 Å². The second kappa shape index (κ2) is 11.0. The molecule has 0 bridgehead atoms. The molecular weight excluding hydrogens is 543 g/mol. The zero-order valence-corrected chi connectivity index (χ0v) is 22.9. The molecule has 10 heteroatoms. The van der Waals surface area contributed by atoms with Gasteiger partial charge in [0.1, 0.15) is 23.3 Å². The zero-order chi connectivity index (χ0) is 26.8. The third-order valence-corrected chi connectivity index (χ3v) is 7.43. The average Bonchev–Trinajstić information content (AvgIpc) is 3.55. The van der Waals surface area contributed by atoms with Crippen LogP contribution in [0.15, 0.2) is 77.3 Å². The summed E-state index contributed by atoms with van der Waals surface area (Å²) in [7, 11) is 1.56. The van der Waals surface area contributed by atoms with Gasteiger partial charge in [-0.25, -0.2) is 0 Å². The van der Waals surface area contributed by atoms with Crippen LogP contribution in [0.1, 0.15) is 36.9 Å². The second-order valence-corrected chi connectivity index (χ2v) is 9.76. The summed E-state index contributed by atoms with van der Waals surface area (Å²) in [5.74, 6) is 1.64. The van der Waals surface area contributed by atoms with Crippen LogP contribution in [-0.4, -0.2) is 23.1 Å². The molecule has 4 aromatic rings. The van der Waals surface area contributed by atoms with Crippen LogP contribution in [0, 0.1) is 0 Å². The molecule has 0 spiro atoms. The molecule has 5 rings (SSSR count). The van der Waals surface area contributed by atoms with Gasteiger partial charge in [0, 0.05) is 29.9 Å². The number of pyridine rings is 1. The molecule has 2 aromatic heterocycles. The normalized spacial score (nSPS) is 16.8. The Morgan fingerprint density at radius 2 is 2.00 bits per heavy atom. The summed E-state index contributed by atoms with van der Waals surface area (Å²) < 4.78 is 12.0. The predicted octanol–water partition coefficient (Wildman–Crippen LogP) is 7.18. The number of amides is 1. The van der Waals surface area contributed by atoms with Crippen LogP contribution in [0.25, 0.3) is 11.3 Å². The molecule has 1 amide bonds. The van der Waals surface area contributed by atoms with Gasteiger partial charge in [-0.3, -0.25) is 9.78 Å². The lowest BCUT2D eigenvalue weighted by Crippen LogP contribution is -2.29. The number of anilines is 2. The van der Waals surface area contributed by atoms with E-state index in [2.05, 4.69) is 15.6 Å². The zero-order valence-electron chi connectivity index (χ0n) is 20.6. The Morgan fingerprint density at radius 3 is 2.74 bits per heavy atom. The van der Waals surface area contributed by atoms with Gasteiger partial charge in [-0.2, -0.15) is 0 Å². The van der Waals surface area contributed by atoms with E-state index in [9.17, 15) is 4.79 Å². The Labute approximate surface area is 235 Å². The van der Waals surface area contributed by atoms with Gasteiger partial charge in [-0.15, -0.1) is 0 Å². The number of aromatic nitrogens is 1. The number of rotatable bonds is 7. The van der Waals surface area contributed by atoms with Crippen molar-refractivity contribution in [2.45, 2.75) is 25.4 Å². The first-order valence-corrected chi connectivity index (χ1v) is 13.1.